The van der Waals surface area contributed by atoms with Crippen LogP contribution in [-0.2, 0) is 6.54 Å². The summed E-state index contributed by atoms with van der Waals surface area (Å²) in [4.78, 5) is 20.4. The molecule has 0 saturated heterocycles. The maximum atomic E-state index is 12.5. The average Bonchev–Trinajstić information content (AvgIpc) is 3.19. The molecule has 1 amide bonds. The smallest absolute Gasteiger partial charge is 0.265 e. The molecule has 22 heavy (non-hydrogen) atoms. The summed E-state index contributed by atoms with van der Waals surface area (Å²) in [5.74, 6) is -0.00365. The number of amides is 1. The molecule has 0 unspecified atom stereocenters. The standard InChI is InChI=1S/C16H13BrN2OS2/c1-19(10-11-5-2-3-6-12(11)17)16(20)14-9-18-15(22-14)13-7-4-8-21-13/h2-9H,10H2,1H3. The zero-order valence-corrected chi connectivity index (χ0v) is 15.0. The normalized spacial score (nSPS) is 10.6. The molecule has 0 N–H and O–H groups in total. The minimum absolute atomic E-state index is 0.00365. The Labute approximate surface area is 145 Å². The summed E-state index contributed by atoms with van der Waals surface area (Å²) in [6.07, 6.45) is 1.67. The highest BCUT2D eigenvalue weighted by Crippen LogP contribution is 2.29. The van der Waals surface area contributed by atoms with Gasteiger partial charge in [-0.2, -0.15) is 0 Å². The van der Waals surface area contributed by atoms with E-state index in [-0.39, 0.29) is 5.91 Å². The Morgan fingerprint density at radius 3 is 2.82 bits per heavy atom. The van der Waals surface area contributed by atoms with E-state index < -0.39 is 0 Å². The van der Waals surface area contributed by atoms with Gasteiger partial charge < -0.3 is 4.90 Å². The molecule has 112 valence electrons. The van der Waals surface area contributed by atoms with Crippen LogP contribution in [0.25, 0.3) is 9.88 Å². The first-order valence-electron chi connectivity index (χ1n) is 6.63. The van der Waals surface area contributed by atoms with Crippen molar-refractivity contribution in [3.05, 3.63) is 62.9 Å². The van der Waals surface area contributed by atoms with Crippen LogP contribution >= 0.6 is 38.6 Å². The molecule has 0 radical (unpaired) electrons. The lowest BCUT2D eigenvalue weighted by molar-refractivity contribution is 0.0789. The van der Waals surface area contributed by atoms with Crippen LogP contribution in [-0.4, -0.2) is 22.8 Å². The van der Waals surface area contributed by atoms with Gasteiger partial charge in [0.2, 0.25) is 0 Å². The Balaban J connectivity index is 1.75. The number of thiophene rings is 1. The van der Waals surface area contributed by atoms with Gasteiger partial charge in [0.1, 0.15) is 9.88 Å². The van der Waals surface area contributed by atoms with Crippen LogP contribution in [0.5, 0.6) is 0 Å². The van der Waals surface area contributed by atoms with Crippen LogP contribution in [0.15, 0.2) is 52.4 Å². The summed E-state index contributed by atoms with van der Waals surface area (Å²) < 4.78 is 1.01. The molecule has 6 heteroatoms. The fraction of sp³-hybridized carbons (Fsp3) is 0.125. The van der Waals surface area contributed by atoms with E-state index in [4.69, 9.17) is 0 Å². The second-order valence-corrected chi connectivity index (χ2v) is 7.59. The number of carbonyl (C=O) groups is 1. The highest BCUT2D eigenvalue weighted by Gasteiger charge is 2.17. The van der Waals surface area contributed by atoms with Gasteiger partial charge in [-0.05, 0) is 23.1 Å². The van der Waals surface area contributed by atoms with Gasteiger partial charge in [0.15, 0.2) is 0 Å². The fourth-order valence-corrected chi connectivity index (χ4v) is 4.15. The van der Waals surface area contributed by atoms with Crippen molar-refractivity contribution in [2.75, 3.05) is 7.05 Å². The van der Waals surface area contributed by atoms with Crippen LogP contribution in [0.4, 0.5) is 0 Å². The third-order valence-electron chi connectivity index (χ3n) is 3.16. The number of carbonyl (C=O) groups excluding carboxylic acids is 1. The van der Waals surface area contributed by atoms with E-state index in [2.05, 4.69) is 20.9 Å². The SMILES string of the molecule is CN(Cc1ccccc1Br)C(=O)c1cnc(-c2cccs2)s1. The topological polar surface area (TPSA) is 33.2 Å². The molecular formula is C16H13BrN2OS2. The van der Waals surface area contributed by atoms with Gasteiger partial charge >= 0.3 is 0 Å². The van der Waals surface area contributed by atoms with Crippen LogP contribution in [0, 0.1) is 0 Å². The molecule has 3 rings (SSSR count). The van der Waals surface area contributed by atoms with Crippen molar-refractivity contribution in [3.63, 3.8) is 0 Å². The molecule has 0 aliphatic heterocycles. The molecule has 1 aromatic carbocycles. The van der Waals surface area contributed by atoms with Gasteiger partial charge in [0, 0.05) is 18.1 Å². The minimum atomic E-state index is -0.00365. The number of benzene rings is 1. The number of hydrogen-bond acceptors (Lipinski definition) is 4. The Morgan fingerprint density at radius 1 is 1.27 bits per heavy atom. The van der Waals surface area contributed by atoms with Gasteiger partial charge in [0.05, 0.1) is 11.1 Å². The van der Waals surface area contributed by atoms with E-state index in [0.717, 1.165) is 19.9 Å². The maximum Gasteiger partial charge on any atom is 0.265 e. The summed E-state index contributed by atoms with van der Waals surface area (Å²) in [5, 5.41) is 2.91. The Hall–Kier alpha value is -1.50. The number of aromatic nitrogens is 1. The fourth-order valence-electron chi connectivity index (χ4n) is 2.03. The third-order valence-corrected chi connectivity index (χ3v) is 5.96. The van der Waals surface area contributed by atoms with Crippen molar-refractivity contribution in [2.45, 2.75) is 6.54 Å². The van der Waals surface area contributed by atoms with Gasteiger partial charge in [-0.3, -0.25) is 4.79 Å². The molecule has 0 aliphatic carbocycles. The first-order chi connectivity index (χ1) is 10.6. The Kier molecular flexibility index (Phi) is 4.71. The third kappa shape index (κ3) is 3.29. The quantitative estimate of drug-likeness (QED) is 0.631. The average molecular weight is 393 g/mol. The predicted molar refractivity (Wildman–Crippen MR) is 95.4 cm³/mol. The number of rotatable bonds is 4. The van der Waals surface area contributed by atoms with Gasteiger partial charge in [-0.1, -0.05) is 40.2 Å². The minimum Gasteiger partial charge on any atom is -0.337 e. The summed E-state index contributed by atoms with van der Waals surface area (Å²) in [5.41, 5.74) is 1.08. The van der Waals surface area contributed by atoms with Crippen molar-refractivity contribution in [1.29, 1.82) is 0 Å². The second-order valence-electron chi connectivity index (χ2n) is 4.76. The van der Waals surface area contributed by atoms with E-state index in [1.807, 2.05) is 48.8 Å². The summed E-state index contributed by atoms with van der Waals surface area (Å²) in [7, 11) is 1.81. The highest BCUT2D eigenvalue weighted by atomic mass is 79.9. The lowest BCUT2D eigenvalue weighted by Gasteiger charge is -2.16. The van der Waals surface area contributed by atoms with Crippen LogP contribution in [0.3, 0.4) is 0 Å². The molecule has 0 atom stereocenters. The number of thiazole rings is 1. The number of nitrogens with zero attached hydrogens (tertiary/aromatic N) is 2. The maximum absolute atomic E-state index is 12.5. The molecule has 0 bridgehead atoms. The van der Waals surface area contributed by atoms with Crippen molar-refractivity contribution >= 4 is 44.5 Å². The number of halogens is 1. The molecule has 2 heterocycles. The van der Waals surface area contributed by atoms with E-state index in [1.54, 1.807) is 22.4 Å². The van der Waals surface area contributed by atoms with Crippen molar-refractivity contribution in [1.82, 2.24) is 9.88 Å². The van der Waals surface area contributed by atoms with Gasteiger partial charge in [-0.25, -0.2) is 4.98 Å². The Bertz CT molecular complexity index is 783. The van der Waals surface area contributed by atoms with E-state index in [0.29, 0.717) is 11.4 Å². The first kappa shape index (κ1) is 15.4. The van der Waals surface area contributed by atoms with Crippen LogP contribution in [0.2, 0.25) is 0 Å². The first-order valence-corrected chi connectivity index (χ1v) is 9.12. The molecule has 0 fully saturated rings. The molecule has 0 aliphatic rings. The van der Waals surface area contributed by atoms with Crippen molar-refractivity contribution in [2.24, 2.45) is 0 Å². The zero-order chi connectivity index (χ0) is 15.5. The Morgan fingerprint density at radius 2 is 2.09 bits per heavy atom. The largest absolute Gasteiger partial charge is 0.337 e. The van der Waals surface area contributed by atoms with E-state index in [9.17, 15) is 4.79 Å². The van der Waals surface area contributed by atoms with Crippen molar-refractivity contribution in [3.8, 4) is 9.88 Å². The molecule has 0 saturated carbocycles. The van der Waals surface area contributed by atoms with Crippen molar-refractivity contribution < 1.29 is 4.79 Å². The summed E-state index contributed by atoms with van der Waals surface area (Å²) in [6, 6.07) is 11.9. The molecular weight excluding hydrogens is 380 g/mol. The lowest BCUT2D eigenvalue weighted by atomic mass is 10.2. The van der Waals surface area contributed by atoms with Crippen LogP contribution in [0.1, 0.15) is 15.2 Å². The summed E-state index contributed by atoms with van der Waals surface area (Å²) in [6.45, 7) is 0.562. The lowest BCUT2D eigenvalue weighted by Crippen LogP contribution is -2.25. The molecule has 0 spiro atoms. The predicted octanol–water partition coefficient (Wildman–Crippen LogP) is 4.91. The van der Waals surface area contributed by atoms with Gasteiger partial charge in [0.25, 0.3) is 5.91 Å². The zero-order valence-electron chi connectivity index (χ0n) is 11.8. The van der Waals surface area contributed by atoms with E-state index in [1.165, 1.54) is 11.3 Å². The van der Waals surface area contributed by atoms with E-state index >= 15 is 0 Å². The monoisotopic (exact) mass is 392 g/mol. The van der Waals surface area contributed by atoms with Gasteiger partial charge in [-0.15, -0.1) is 22.7 Å². The van der Waals surface area contributed by atoms with Crippen LogP contribution < -0.4 is 0 Å². The number of hydrogen-bond donors (Lipinski definition) is 0. The summed E-state index contributed by atoms with van der Waals surface area (Å²) >= 11 is 6.58. The molecule has 3 aromatic rings. The highest BCUT2D eigenvalue weighted by molar-refractivity contribution is 9.10. The molecule has 3 nitrogen and oxygen atoms in total. The molecule has 2 aromatic heterocycles. The second kappa shape index (κ2) is 6.73.